The highest BCUT2D eigenvalue weighted by Gasteiger charge is 2.54. The van der Waals surface area contributed by atoms with Crippen LogP contribution in [0.3, 0.4) is 0 Å². The molecule has 1 amide bonds. The fourth-order valence-corrected chi connectivity index (χ4v) is 8.09. The molecule has 1 aliphatic carbocycles. The first-order valence-corrected chi connectivity index (χ1v) is 15.0. The lowest BCUT2D eigenvalue weighted by molar-refractivity contribution is -0.154. The summed E-state index contributed by atoms with van der Waals surface area (Å²) in [4.78, 5) is 25.6. The molecule has 1 aliphatic heterocycles. The Morgan fingerprint density at radius 2 is 1.70 bits per heavy atom. The van der Waals surface area contributed by atoms with E-state index in [2.05, 4.69) is 0 Å². The van der Waals surface area contributed by atoms with Crippen molar-refractivity contribution >= 4 is 38.3 Å². The summed E-state index contributed by atoms with van der Waals surface area (Å²) in [6.07, 6.45) is 2.88. The number of amidine groups is 1. The van der Waals surface area contributed by atoms with Crippen LogP contribution in [0.25, 0.3) is 10.8 Å². The first-order valence-electron chi connectivity index (χ1n) is 13.5. The predicted octanol–water partition coefficient (Wildman–Crippen LogP) is 3.29. The zero-order chi connectivity index (χ0) is 28.7. The Hall–Kier alpha value is -3.76. The second-order valence-electron chi connectivity index (χ2n) is 10.9. The molecule has 0 aromatic heterocycles. The van der Waals surface area contributed by atoms with Crippen LogP contribution in [0, 0.1) is 17.2 Å². The number of likely N-dealkylation sites (tertiary alicyclic amines) is 1. The number of nitrogen functional groups attached to an aromatic ring is 1. The number of carbonyl (C=O) groups excluding carboxylic acids is 1. The number of hydrogen-bond donors (Lipinski definition) is 4. The average molecular weight is 563 g/mol. The van der Waals surface area contributed by atoms with Crippen molar-refractivity contribution in [1.82, 2.24) is 4.90 Å². The minimum absolute atomic E-state index is 0.0645. The lowest BCUT2D eigenvalue weighted by Gasteiger charge is -2.48. The first kappa shape index (κ1) is 27.8. The number of carboxylic acid groups (broad SMARTS) is 1. The fraction of sp³-hybridized carbons (Fsp3) is 0.367. The molecular weight excluding hydrogens is 528 g/mol. The molecule has 10 heteroatoms. The summed E-state index contributed by atoms with van der Waals surface area (Å²) in [7, 11) is -4.45. The number of sulfone groups is 1. The predicted molar refractivity (Wildman–Crippen MR) is 152 cm³/mol. The van der Waals surface area contributed by atoms with E-state index >= 15 is 0 Å². The summed E-state index contributed by atoms with van der Waals surface area (Å²) < 4.78 is 28.8. The molecule has 2 aliphatic rings. The maximum absolute atomic E-state index is 14.5. The summed E-state index contributed by atoms with van der Waals surface area (Å²) in [6.45, 7) is 0.122. The number of hydrogen-bond acceptors (Lipinski definition) is 6. The molecule has 6 N–H and O–H groups in total. The number of piperidine rings is 1. The lowest BCUT2D eigenvalue weighted by atomic mass is 9.71. The highest BCUT2D eigenvalue weighted by Crippen LogP contribution is 2.41. The summed E-state index contributed by atoms with van der Waals surface area (Å²) in [6, 6.07) is 18.2. The number of carboxylic acids is 1. The van der Waals surface area contributed by atoms with E-state index in [1.54, 1.807) is 36.4 Å². The van der Waals surface area contributed by atoms with Gasteiger partial charge in [-0.25, -0.2) is 8.42 Å². The number of nitrogens with one attached hydrogen (secondary N) is 1. The molecule has 1 heterocycles. The third-order valence-corrected chi connectivity index (χ3v) is 10.7. The van der Waals surface area contributed by atoms with Gasteiger partial charge in [0.15, 0.2) is 0 Å². The SMILES string of the molecule is N=C(N)c1cccc(C[C@](N)(C(=O)N2CCC(C(=O)O)C3CCCCC32)S(=O)(=O)c2ccc3ccccc3c2)c1. The second-order valence-corrected chi connectivity index (χ2v) is 13.1. The van der Waals surface area contributed by atoms with Crippen LogP contribution in [0.1, 0.15) is 43.2 Å². The quantitative estimate of drug-likeness (QED) is 0.253. The minimum atomic E-state index is -4.45. The summed E-state index contributed by atoms with van der Waals surface area (Å²) >= 11 is 0. The van der Waals surface area contributed by atoms with Gasteiger partial charge in [-0.15, -0.1) is 0 Å². The molecule has 0 radical (unpaired) electrons. The number of fused-ring (bicyclic) bond motifs is 2. The zero-order valence-corrected chi connectivity index (χ0v) is 22.9. The number of rotatable bonds is 7. The van der Waals surface area contributed by atoms with E-state index in [9.17, 15) is 23.1 Å². The maximum Gasteiger partial charge on any atom is 0.306 e. The first-order chi connectivity index (χ1) is 19.0. The largest absolute Gasteiger partial charge is 0.481 e. The van der Waals surface area contributed by atoms with Gasteiger partial charge in [0.2, 0.25) is 14.7 Å². The Labute approximate surface area is 233 Å². The molecule has 0 spiro atoms. The van der Waals surface area contributed by atoms with Crippen LogP contribution in [0.5, 0.6) is 0 Å². The third-order valence-electron chi connectivity index (χ3n) is 8.54. The van der Waals surface area contributed by atoms with E-state index in [1.165, 1.54) is 17.0 Å². The Morgan fingerprint density at radius 1 is 0.975 bits per heavy atom. The van der Waals surface area contributed by atoms with Gasteiger partial charge in [-0.1, -0.05) is 61.4 Å². The number of nitrogens with two attached hydrogens (primary N) is 2. The monoisotopic (exact) mass is 562 g/mol. The molecule has 40 heavy (non-hydrogen) atoms. The van der Waals surface area contributed by atoms with Gasteiger partial charge >= 0.3 is 5.97 Å². The summed E-state index contributed by atoms with van der Waals surface area (Å²) in [5.41, 5.74) is 13.3. The molecule has 1 saturated heterocycles. The van der Waals surface area contributed by atoms with Crippen LogP contribution in [-0.4, -0.2) is 53.6 Å². The van der Waals surface area contributed by atoms with Gasteiger partial charge in [0.25, 0.3) is 5.91 Å². The van der Waals surface area contributed by atoms with Gasteiger partial charge in [-0.05, 0) is 59.7 Å². The van der Waals surface area contributed by atoms with E-state index in [0.717, 1.165) is 18.2 Å². The molecule has 1 saturated carbocycles. The van der Waals surface area contributed by atoms with E-state index in [4.69, 9.17) is 16.9 Å². The number of benzene rings is 3. The van der Waals surface area contributed by atoms with Gasteiger partial charge in [-0.2, -0.15) is 0 Å². The molecule has 3 unspecified atom stereocenters. The van der Waals surface area contributed by atoms with Crippen LogP contribution in [-0.2, 0) is 25.8 Å². The van der Waals surface area contributed by atoms with E-state index in [1.807, 2.05) is 18.2 Å². The molecule has 5 rings (SSSR count). The van der Waals surface area contributed by atoms with Crippen LogP contribution in [0.15, 0.2) is 71.6 Å². The lowest BCUT2D eigenvalue weighted by Crippen LogP contribution is -2.66. The standard InChI is InChI=1S/C30H34N4O5S/c31-27(32)22-9-5-6-19(16-22)18-30(33,40(38,39)23-13-12-20-7-1-2-8-21(20)17-23)29(37)34-15-14-25(28(35)36)24-10-3-4-11-26(24)34/h1-2,5-9,12-13,16-17,24-26H,3-4,10-11,14-15,18,33H2,(H3,31,32)(H,35,36)/t24?,25?,26?,30-/m1/s1. The van der Waals surface area contributed by atoms with Crippen molar-refractivity contribution in [2.45, 2.75) is 54.3 Å². The fourth-order valence-electron chi connectivity index (χ4n) is 6.44. The van der Waals surface area contributed by atoms with Crippen molar-refractivity contribution in [1.29, 1.82) is 5.41 Å². The van der Waals surface area contributed by atoms with Gasteiger partial charge in [0.05, 0.1) is 10.8 Å². The van der Waals surface area contributed by atoms with E-state index in [-0.39, 0.29) is 36.0 Å². The van der Waals surface area contributed by atoms with E-state index < -0.39 is 38.5 Å². The Kier molecular flexibility index (Phi) is 7.41. The second kappa shape index (κ2) is 10.7. The Bertz CT molecular complexity index is 1590. The van der Waals surface area contributed by atoms with Crippen molar-refractivity contribution < 1.29 is 23.1 Å². The molecule has 210 valence electrons. The molecule has 4 atom stereocenters. The number of amides is 1. The Morgan fingerprint density at radius 3 is 2.42 bits per heavy atom. The van der Waals surface area contributed by atoms with Crippen molar-refractivity contribution in [2.75, 3.05) is 6.54 Å². The number of nitrogens with zero attached hydrogens (tertiary/aromatic N) is 1. The maximum atomic E-state index is 14.5. The van der Waals surface area contributed by atoms with Crippen molar-refractivity contribution in [3.05, 3.63) is 77.9 Å². The molecule has 0 bridgehead atoms. The molecule has 3 aromatic rings. The van der Waals surface area contributed by atoms with Crippen molar-refractivity contribution in [2.24, 2.45) is 23.3 Å². The molecule has 9 nitrogen and oxygen atoms in total. The minimum Gasteiger partial charge on any atom is -0.481 e. The van der Waals surface area contributed by atoms with Gasteiger partial charge in [0.1, 0.15) is 5.84 Å². The average Bonchev–Trinajstić information content (AvgIpc) is 2.95. The number of carbonyl (C=O) groups is 2. The van der Waals surface area contributed by atoms with Crippen LogP contribution in [0.4, 0.5) is 0 Å². The summed E-state index contributed by atoms with van der Waals surface area (Å²) in [5.74, 6) is -2.63. The molecular formula is C30H34N4O5S. The molecule has 2 fully saturated rings. The van der Waals surface area contributed by atoms with Gasteiger partial charge in [0, 0.05) is 24.6 Å². The highest BCUT2D eigenvalue weighted by molar-refractivity contribution is 7.93. The normalized spacial score (nSPS) is 22.7. The topological polar surface area (TPSA) is 168 Å². The highest BCUT2D eigenvalue weighted by atomic mass is 32.2. The van der Waals surface area contributed by atoms with Crippen LogP contribution >= 0.6 is 0 Å². The van der Waals surface area contributed by atoms with Crippen LogP contribution < -0.4 is 11.5 Å². The zero-order valence-electron chi connectivity index (χ0n) is 22.1. The van der Waals surface area contributed by atoms with Crippen LogP contribution in [0.2, 0.25) is 0 Å². The molecule has 3 aromatic carbocycles. The van der Waals surface area contributed by atoms with Crippen molar-refractivity contribution in [3.8, 4) is 0 Å². The van der Waals surface area contributed by atoms with Crippen molar-refractivity contribution in [3.63, 3.8) is 0 Å². The van der Waals surface area contributed by atoms with Gasteiger partial charge in [-0.3, -0.25) is 15.0 Å². The van der Waals surface area contributed by atoms with E-state index in [0.29, 0.717) is 29.4 Å². The summed E-state index contributed by atoms with van der Waals surface area (Å²) in [5, 5.41) is 19.2. The number of aliphatic carboxylic acids is 1. The Balaban J connectivity index is 1.61. The smallest absolute Gasteiger partial charge is 0.306 e. The third kappa shape index (κ3) is 4.86. The van der Waals surface area contributed by atoms with Gasteiger partial charge < -0.3 is 21.5 Å².